The summed E-state index contributed by atoms with van der Waals surface area (Å²) in [5.41, 5.74) is 5.72. The third-order valence-corrected chi connectivity index (χ3v) is 2.39. The van der Waals surface area contributed by atoms with Crippen LogP contribution in [0.1, 0.15) is 26.2 Å². The largest absolute Gasteiger partial charge is 0.377 e. The number of nitrogens with two attached hydrogens (primary N) is 1. The Balaban J connectivity index is 2.14. The Hall–Kier alpha value is -0.120. The fraction of sp³-hybridized carbons (Fsp3) is 1.00. The third-order valence-electron chi connectivity index (χ3n) is 2.39. The van der Waals surface area contributed by atoms with Crippen LogP contribution in [-0.4, -0.2) is 43.8 Å². The molecule has 3 nitrogen and oxygen atoms in total. The van der Waals surface area contributed by atoms with E-state index in [9.17, 15) is 0 Å². The number of rotatable bonds is 4. The second-order valence-corrected chi connectivity index (χ2v) is 4.19. The lowest BCUT2D eigenvalue weighted by atomic mass is 10.1. The number of nitrogens with zero attached hydrogens (tertiary/aromatic N) is 1. The molecule has 1 heterocycles. The first-order valence-electron chi connectivity index (χ1n) is 5.24. The van der Waals surface area contributed by atoms with Crippen molar-refractivity contribution in [2.75, 3.05) is 26.7 Å². The zero-order valence-corrected chi connectivity index (χ0v) is 8.83. The van der Waals surface area contributed by atoms with Gasteiger partial charge in [0.2, 0.25) is 0 Å². The summed E-state index contributed by atoms with van der Waals surface area (Å²) in [6.07, 6.45) is 4.20. The van der Waals surface area contributed by atoms with E-state index in [0.29, 0.717) is 6.10 Å². The Morgan fingerprint density at radius 2 is 2.31 bits per heavy atom. The number of ether oxygens (including phenoxy) is 1. The van der Waals surface area contributed by atoms with Gasteiger partial charge in [-0.25, -0.2) is 0 Å². The van der Waals surface area contributed by atoms with Crippen molar-refractivity contribution >= 4 is 0 Å². The minimum Gasteiger partial charge on any atom is -0.377 e. The van der Waals surface area contributed by atoms with E-state index >= 15 is 0 Å². The molecule has 78 valence electrons. The highest BCUT2D eigenvalue weighted by Crippen LogP contribution is 2.13. The normalized spacial score (nSPS) is 26.3. The summed E-state index contributed by atoms with van der Waals surface area (Å²) in [4.78, 5) is 2.26. The van der Waals surface area contributed by atoms with Gasteiger partial charge in [-0.05, 0) is 33.2 Å². The van der Waals surface area contributed by atoms with E-state index in [2.05, 4.69) is 11.9 Å². The molecule has 0 amide bonds. The highest BCUT2D eigenvalue weighted by molar-refractivity contribution is 4.69. The molecule has 0 aromatic rings. The fourth-order valence-electron chi connectivity index (χ4n) is 1.87. The van der Waals surface area contributed by atoms with Crippen LogP contribution < -0.4 is 5.73 Å². The molecule has 13 heavy (non-hydrogen) atoms. The molecule has 0 aromatic heterocycles. The lowest BCUT2D eigenvalue weighted by Gasteiger charge is -2.28. The summed E-state index contributed by atoms with van der Waals surface area (Å²) >= 11 is 0. The molecule has 2 atom stereocenters. The average molecular weight is 186 g/mol. The van der Waals surface area contributed by atoms with Gasteiger partial charge in [0.1, 0.15) is 0 Å². The quantitative estimate of drug-likeness (QED) is 0.707. The predicted octanol–water partition coefficient (Wildman–Crippen LogP) is 0.834. The van der Waals surface area contributed by atoms with Crippen LogP contribution in [0.5, 0.6) is 0 Å². The van der Waals surface area contributed by atoms with Crippen molar-refractivity contribution in [1.29, 1.82) is 0 Å². The van der Waals surface area contributed by atoms with Crippen molar-refractivity contribution in [2.24, 2.45) is 5.73 Å². The first-order valence-corrected chi connectivity index (χ1v) is 5.24. The number of likely N-dealkylation sites (N-methyl/N-ethyl adjacent to an activating group) is 1. The van der Waals surface area contributed by atoms with Gasteiger partial charge in [-0.3, -0.25) is 0 Å². The van der Waals surface area contributed by atoms with E-state index in [1.54, 1.807) is 0 Å². The second-order valence-electron chi connectivity index (χ2n) is 4.19. The van der Waals surface area contributed by atoms with E-state index in [1.807, 2.05) is 6.92 Å². The lowest BCUT2D eigenvalue weighted by molar-refractivity contribution is -0.00190. The topological polar surface area (TPSA) is 38.5 Å². The summed E-state index contributed by atoms with van der Waals surface area (Å²) in [5.74, 6) is 0. The van der Waals surface area contributed by atoms with Crippen molar-refractivity contribution in [3.8, 4) is 0 Å². The Morgan fingerprint density at radius 1 is 1.54 bits per heavy atom. The molecule has 0 saturated carbocycles. The molecule has 0 aromatic carbocycles. The van der Waals surface area contributed by atoms with Gasteiger partial charge in [-0.15, -0.1) is 0 Å². The van der Waals surface area contributed by atoms with Crippen LogP contribution in [0.25, 0.3) is 0 Å². The van der Waals surface area contributed by atoms with Gasteiger partial charge >= 0.3 is 0 Å². The molecule has 3 heteroatoms. The van der Waals surface area contributed by atoms with E-state index in [0.717, 1.165) is 19.7 Å². The molecule has 1 aliphatic rings. The Kier molecular flexibility index (Phi) is 4.70. The van der Waals surface area contributed by atoms with Gasteiger partial charge in [-0.1, -0.05) is 0 Å². The van der Waals surface area contributed by atoms with Crippen molar-refractivity contribution in [3.63, 3.8) is 0 Å². The van der Waals surface area contributed by atoms with Crippen molar-refractivity contribution < 1.29 is 4.74 Å². The standard InChI is InChI=1S/C10H22N2O/c1-9(11)7-12(2)8-10-5-3-4-6-13-10/h9-10H,3-8,11H2,1-2H3/t9-,10?/m1/s1. The molecule has 1 fully saturated rings. The Labute approximate surface area is 81.2 Å². The molecule has 2 N–H and O–H groups in total. The molecule has 0 spiro atoms. The van der Waals surface area contributed by atoms with Crippen LogP contribution in [0.4, 0.5) is 0 Å². The SMILES string of the molecule is C[C@@H](N)CN(C)CC1CCCCO1. The zero-order valence-electron chi connectivity index (χ0n) is 8.83. The van der Waals surface area contributed by atoms with Crippen LogP contribution >= 0.6 is 0 Å². The van der Waals surface area contributed by atoms with Gasteiger partial charge in [-0.2, -0.15) is 0 Å². The Bertz CT molecular complexity index is 133. The van der Waals surface area contributed by atoms with Gasteiger partial charge in [0.25, 0.3) is 0 Å². The minimum absolute atomic E-state index is 0.258. The fourth-order valence-corrected chi connectivity index (χ4v) is 1.87. The molecule has 0 aliphatic carbocycles. The molecule has 1 saturated heterocycles. The highest BCUT2D eigenvalue weighted by Gasteiger charge is 2.15. The number of hydrogen-bond acceptors (Lipinski definition) is 3. The molecular weight excluding hydrogens is 164 g/mol. The third kappa shape index (κ3) is 4.60. The smallest absolute Gasteiger partial charge is 0.0701 e. The highest BCUT2D eigenvalue weighted by atomic mass is 16.5. The lowest BCUT2D eigenvalue weighted by Crippen LogP contribution is -2.39. The predicted molar refractivity (Wildman–Crippen MR) is 54.7 cm³/mol. The molecule has 0 bridgehead atoms. The van der Waals surface area contributed by atoms with Crippen molar-refractivity contribution in [2.45, 2.75) is 38.3 Å². The van der Waals surface area contributed by atoms with Crippen molar-refractivity contribution in [1.82, 2.24) is 4.90 Å². The maximum atomic E-state index is 5.72. The second kappa shape index (κ2) is 5.58. The maximum absolute atomic E-state index is 5.72. The van der Waals surface area contributed by atoms with Crippen molar-refractivity contribution in [3.05, 3.63) is 0 Å². The van der Waals surface area contributed by atoms with E-state index in [1.165, 1.54) is 19.3 Å². The first kappa shape index (κ1) is 11.0. The van der Waals surface area contributed by atoms with Crippen LogP contribution in [0.2, 0.25) is 0 Å². The van der Waals surface area contributed by atoms with Gasteiger partial charge in [0.05, 0.1) is 6.10 Å². The zero-order chi connectivity index (χ0) is 9.68. The molecule has 1 unspecified atom stereocenters. The monoisotopic (exact) mass is 186 g/mol. The van der Waals surface area contributed by atoms with Gasteiger partial charge in [0.15, 0.2) is 0 Å². The summed E-state index contributed by atoms with van der Waals surface area (Å²) < 4.78 is 5.65. The van der Waals surface area contributed by atoms with Crippen LogP contribution in [0, 0.1) is 0 Å². The van der Waals surface area contributed by atoms with Gasteiger partial charge < -0.3 is 15.4 Å². The average Bonchev–Trinajstić information content (AvgIpc) is 2.04. The minimum atomic E-state index is 0.258. The Morgan fingerprint density at radius 3 is 2.85 bits per heavy atom. The summed E-state index contributed by atoms with van der Waals surface area (Å²) in [5, 5.41) is 0. The van der Waals surface area contributed by atoms with Crippen LogP contribution in [0.3, 0.4) is 0 Å². The van der Waals surface area contributed by atoms with Crippen LogP contribution in [0.15, 0.2) is 0 Å². The van der Waals surface area contributed by atoms with E-state index in [4.69, 9.17) is 10.5 Å². The first-order chi connectivity index (χ1) is 6.18. The summed E-state index contributed by atoms with van der Waals surface area (Å²) in [7, 11) is 2.11. The van der Waals surface area contributed by atoms with Crippen LogP contribution in [-0.2, 0) is 4.74 Å². The molecule has 0 radical (unpaired) electrons. The summed E-state index contributed by atoms with van der Waals surface area (Å²) in [6.45, 7) is 4.97. The maximum Gasteiger partial charge on any atom is 0.0701 e. The van der Waals surface area contributed by atoms with E-state index in [-0.39, 0.29) is 6.04 Å². The van der Waals surface area contributed by atoms with Gasteiger partial charge in [0, 0.05) is 25.7 Å². The van der Waals surface area contributed by atoms with E-state index < -0.39 is 0 Å². The molecule has 1 rings (SSSR count). The number of hydrogen-bond donors (Lipinski definition) is 1. The molecule has 1 aliphatic heterocycles. The molecular formula is C10H22N2O. The summed E-state index contributed by atoms with van der Waals surface area (Å²) in [6, 6.07) is 0.258.